The third kappa shape index (κ3) is 6.07. The van der Waals surface area contributed by atoms with Gasteiger partial charge in [0.05, 0.1) is 27.3 Å². The number of methoxy groups -OCH3 is 2. The first-order valence-corrected chi connectivity index (χ1v) is 7.35. The van der Waals surface area contributed by atoms with Crippen LogP contribution < -0.4 is 19.7 Å². The Bertz CT molecular complexity index is 687. The molecule has 0 saturated carbocycles. The van der Waals surface area contributed by atoms with Gasteiger partial charge in [-0.2, -0.15) is 0 Å². The molecule has 0 amide bonds. The summed E-state index contributed by atoms with van der Waals surface area (Å²) in [6.45, 7) is 0.816. The molecule has 143 valence electrons. The first-order chi connectivity index (χ1) is 11.7. The van der Waals surface area contributed by atoms with E-state index in [0.29, 0.717) is 24.2 Å². The van der Waals surface area contributed by atoms with Crippen LogP contribution >= 0.6 is 0 Å². The van der Waals surface area contributed by atoms with Crippen LogP contribution in [-0.2, 0) is 17.1 Å². The summed E-state index contributed by atoms with van der Waals surface area (Å²) in [5.74, 6) is 0.190. The Hall–Kier alpha value is -2.54. The molecule has 0 fully saturated rings. The molecular weight excluding hydrogens is 388 g/mol. The number of hydrogen-bond donors (Lipinski definition) is 0. The van der Waals surface area contributed by atoms with Crippen LogP contribution in [-0.4, -0.2) is 45.2 Å². The minimum absolute atomic E-state index is 0. The Morgan fingerprint density at radius 1 is 0.808 bits per heavy atom. The zero-order valence-corrected chi connectivity index (χ0v) is 15.3. The van der Waals surface area contributed by atoms with Crippen LogP contribution in [0.4, 0.5) is 0 Å². The fourth-order valence-electron chi connectivity index (χ4n) is 2.03. The number of para-hydroxylation sites is 2. The number of hydrogen-bond acceptors (Lipinski definition) is 6. The Labute approximate surface area is 162 Å². The van der Waals surface area contributed by atoms with Crippen molar-refractivity contribution >= 4 is 12.4 Å². The number of aliphatic imine (C=N–C) groups is 2. The van der Waals surface area contributed by atoms with Crippen molar-refractivity contribution in [3.8, 4) is 23.0 Å². The van der Waals surface area contributed by atoms with Gasteiger partial charge < -0.3 is 25.2 Å². The van der Waals surface area contributed by atoms with Crippen LogP contribution in [0, 0.1) is 0 Å². The van der Waals surface area contributed by atoms with E-state index in [1.54, 1.807) is 36.4 Å². The van der Waals surface area contributed by atoms with E-state index >= 15 is 0 Å². The van der Waals surface area contributed by atoms with Crippen molar-refractivity contribution in [1.29, 1.82) is 0 Å². The molecular formula is C18H20CuN2O5. The average molecular weight is 408 g/mol. The molecule has 0 aliphatic heterocycles. The van der Waals surface area contributed by atoms with Crippen LogP contribution in [0.2, 0.25) is 0 Å². The maximum absolute atomic E-state index is 11.9. The standard InChI is InChI=1S/C18H20N2O4.Cu.H2O/c1-23-15-7-3-5-13(17(15)21)11-19-9-10-20-12-14-6-4-8-16(24-2)18(14)22;;/h3-8,11-12,21-22H,9-10H2,1-2H3;;1H2/q;+2;/p-2. The smallest absolute Gasteiger partial charge is 0.870 e. The minimum Gasteiger partial charge on any atom is -0.870 e. The number of rotatable bonds is 7. The van der Waals surface area contributed by atoms with Gasteiger partial charge >= 0.3 is 17.1 Å². The molecule has 1 radical (unpaired) electrons. The molecule has 0 aliphatic carbocycles. The second-order valence-corrected chi connectivity index (χ2v) is 4.83. The van der Waals surface area contributed by atoms with Crippen molar-refractivity contribution in [2.75, 3.05) is 27.3 Å². The molecule has 2 rings (SSSR count). The summed E-state index contributed by atoms with van der Waals surface area (Å²) in [5, 5.41) is 23.8. The van der Waals surface area contributed by atoms with Gasteiger partial charge in [-0.05, 0) is 23.3 Å². The van der Waals surface area contributed by atoms with E-state index < -0.39 is 0 Å². The fraction of sp³-hybridized carbons (Fsp3) is 0.222. The molecule has 0 aromatic heterocycles. The minimum atomic E-state index is -0.195. The zero-order chi connectivity index (χ0) is 17.4. The quantitative estimate of drug-likeness (QED) is 0.378. The Morgan fingerprint density at radius 3 is 1.54 bits per heavy atom. The molecule has 8 heteroatoms. The topological polar surface area (TPSA) is 121 Å². The van der Waals surface area contributed by atoms with Crippen LogP contribution in [0.3, 0.4) is 0 Å². The molecule has 2 aromatic rings. The second kappa shape index (κ2) is 11.9. The normalized spacial score (nSPS) is 10.4. The summed E-state index contributed by atoms with van der Waals surface area (Å²) >= 11 is 0. The maximum Gasteiger partial charge on any atom is 2.00 e. The number of benzene rings is 2. The van der Waals surface area contributed by atoms with E-state index in [1.807, 2.05) is 0 Å². The third-order valence-corrected chi connectivity index (χ3v) is 3.28. The van der Waals surface area contributed by atoms with E-state index in [9.17, 15) is 10.2 Å². The summed E-state index contributed by atoms with van der Waals surface area (Å²) in [7, 11) is 2.91. The van der Waals surface area contributed by atoms with Crippen LogP contribution in [0.15, 0.2) is 46.4 Å². The fourth-order valence-corrected chi connectivity index (χ4v) is 2.03. The van der Waals surface area contributed by atoms with Gasteiger partial charge in [0.2, 0.25) is 0 Å². The predicted molar refractivity (Wildman–Crippen MR) is 93.4 cm³/mol. The largest absolute Gasteiger partial charge is 2.00 e. The number of nitrogens with zero attached hydrogens (tertiary/aromatic N) is 2. The van der Waals surface area contributed by atoms with Crippen molar-refractivity contribution in [3.05, 3.63) is 47.5 Å². The van der Waals surface area contributed by atoms with Gasteiger partial charge in [-0.3, -0.25) is 9.98 Å². The van der Waals surface area contributed by atoms with Crippen molar-refractivity contribution in [2.24, 2.45) is 9.98 Å². The van der Waals surface area contributed by atoms with Crippen LogP contribution in [0.5, 0.6) is 23.0 Å². The second-order valence-electron chi connectivity index (χ2n) is 4.83. The van der Waals surface area contributed by atoms with E-state index in [4.69, 9.17) is 9.47 Å². The molecule has 0 unspecified atom stereocenters. The Kier molecular flexibility index (Phi) is 10.8. The first-order valence-electron chi connectivity index (χ1n) is 7.35. The van der Waals surface area contributed by atoms with Gasteiger partial charge in [0.1, 0.15) is 11.5 Å². The molecule has 0 spiro atoms. The summed E-state index contributed by atoms with van der Waals surface area (Å²) in [5.41, 5.74) is 0.931. The number of ether oxygens (including phenoxy) is 2. The first kappa shape index (κ1) is 23.5. The van der Waals surface area contributed by atoms with Crippen molar-refractivity contribution in [2.45, 2.75) is 0 Å². The molecule has 0 atom stereocenters. The van der Waals surface area contributed by atoms with Crippen molar-refractivity contribution in [3.63, 3.8) is 0 Å². The van der Waals surface area contributed by atoms with Gasteiger partial charge in [-0.1, -0.05) is 35.8 Å². The van der Waals surface area contributed by atoms with E-state index in [0.717, 1.165) is 0 Å². The van der Waals surface area contributed by atoms with E-state index in [1.165, 1.54) is 26.6 Å². The molecule has 2 N–H and O–H groups in total. The summed E-state index contributed by atoms with van der Waals surface area (Å²) in [4.78, 5) is 8.34. The van der Waals surface area contributed by atoms with Gasteiger partial charge in [-0.15, -0.1) is 0 Å². The Balaban J connectivity index is 0.00000312. The molecule has 7 nitrogen and oxygen atoms in total. The van der Waals surface area contributed by atoms with Gasteiger partial charge in [0.15, 0.2) is 0 Å². The summed E-state index contributed by atoms with van der Waals surface area (Å²) in [6, 6.07) is 10.0. The summed E-state index contributed by atoms with van der Waals surface area (Å²) in [6.07, 6.45) is 3.01. The zero-order valence-electron chi connectivity index (χ0n) is 14.4. The molecule has 0 aliphatic rings. The monoisotopic (exact) mass is 407 g/mol. The third-order valence-electron chi connectivity index (χ3n) is 3.28. The van der Waals surface area contributed by atoms with Gasteiger partial charge in [0, 0.05) is 12.4 Å². The summed E-state index contributed by atoms with van der Waals surface area (Å²) < 4.78 is 9.94. The van der Waals surface area contributed by atoms with E-state index in [-0.39, 0.29) is 45.5 Å². The Morgan fingerprint density at radius 2 is 1.19 bits per heavy atom. The molecule has 0 saturated heterocycles. The molecule has 0 heterocycles. The molecule has 26 heavy (non-hydrogen) atoms. The van der Waals surface area contributed by atoms with Crippen LogP contribution in [0.1, 0.15) is 11.1 Å². The molecule has 0 bridgehead atoms. The van der Waals surface area contributed by atoms with Gasteiger partial charge in [0.25, 0.3) is 0 Å². The predicted octanol–water partition coefficient (Wildman–Crippen LogP) is 0.562. The van der Waals surface area contributed by atoms with Crippen molar-refractivity contribution in [1.82, 2.24) is 0 Å². The van der Waals surface area contributed by atoms with E-state index in [2.05, 4.69) is 9.98 Å². The average Bonchev–Trinajstić information content (AvgIpc) is 2.60. The molecule has 2 aromatic carbocycles. The van der Waals surface area contributed by atoms with Gasteiger partial charge in [-0.25, -0.2) is 0 Å². The SMILES string of the molecule is COc1cccc(C=NCCN=Cc2cccc(OC)c2[O-])c1[O-].O.[Cu+2]. The maximum atomic E-state index is 11.9. The van der Waals surface area contributed by atoms with Crippen molar-refractivity contribution < 1.29 is 42.2 Å². The van der Waals surface area contributed by atoms with Crippen LogP contribution in [0.25, 0.3) is 0 Å².